The van der Waals surface area contributed by atoms with Gasteiger partial charge >= 0.3 is 12.1 Å². The van der Waals surface area contributed by atoms with Crippen LogP contribution in [0, 0.1) is 29.1 Å². The van der Waals surface area contributed by atoms with E-state index in [1.165, 1.54) is 0 Å². The summed E-state index contributed by atoms with van der Waals surface area (Å²) < 4.78 is 10.6. The second kappa shape index (κ2) is 12.8. The number of carbonyl (C=O) groups excluding carboxylic acids is 2. The Balaban J connectivity index is 1.81. The highest BCUT2D eigenvalue weighted by Gasteiger charge is 2.34. The van der Waals surface area contributed by atoms with Crippen molar-refractivity contribution in [1.82, 2.24) is 5.32 Å². The highest BCUT2D eigenvalue weighted by Crippen LogP contribution is 2.36. The highest BCUT2D eigenvalue weighted by molar-refractivity contribution is 7.15. The van der Waals surface area contributed by atoms with E-state index >= 15 is 0 Å². The van der Waals surface area contributed by atoms with E-state index in [0.29, 0.717) is 49.1 Å². The number of nitrogens with one attached hydrogen (secondary N) is 1. The Morgan fingerprint density at radius 1 is 1.24 bits per heavy atom. The van der Waals surface area contributed by atoms with Gasteiger partial charge in [0, 0.05) is 30.3 Å². The van der Waals surface area contributed by atoms with Gasteiger partial charge in [-0.05, 0) is 71.8 Å². The van der Waals surface area contributed by atoms with Gasteiger partial charge < -0.3 is 24.8 Å². The molecule has 1 aromatic rings. The molecule has 2 amide bonds. The van der Waals surface area contributed by atoms with E-state index in [1.54, 1.807) is 11.0 Å². The SMILES string of the molecule is CC1CCC(C(=O)N(c2cc(C#CC(C)(C)C)sc2C(=O)O)[C@@H](C)CCNC(=O)OC2CCOC2)CC1. The third-order valence-electron chi connectivity index (χ3n) is 6.76. The first-order chi connectivity index (χ1) is 17.4. The van der Waals surface area contributed by atoms with Gasteiger partial charge in [-0.2, -0.15) is 0 Å². The first kappa shape index (κ1) is 29.0. The molecule has 0 spiro atoms. The van der Waals surface area contributed by atoms with Crippen molar-refractivity contribution in [3.63, 3.8) is 0 Å². The topological polar surface area (TPSA) is 105 Å². The molecule has 0 aromatic carbocycles. The van der Waals surface area contributed by atoms with Crippen LogP contribution in [0.4, 0.5) is 10.5 Å². The van der Waals surface area contributed by atoms with Crippen LogP contribution in [0.3, 0.4) is 0 Å². The number of rotatable bonds is 8. The Morgan fingerprint density at radius 3 is 2.54 bits per heavy atom. The van der Waals surface area contributed by atoms with Crippen molar-refractivity contribution in [3.05, 3.63) is 15.8 Å². The number of amides is 2. The van der Waals surface area contributed by atoms with Gasteiger partial charge in [-0.3, -0.25) is 4.79 Å². The van der Waals surface area contributed by atoms with Gasteiger partial charge in [0.2, 0.25) is 5.91 Å². The molecule has 1 saturated heterocycles. The van der Waals surface area contributed by atoms with E-state index < -0.39 is 12.1 Å². The number of carbonyl (C=O) groups is 3. The number of hydrogen-bond donors (Lipinski definition) is 2. The summed E-state index contributed by atoms with van der Waals surface area (Å²) in [5.41, 5.74) is 0.151. The number of anilines is 1. The lowest BCUT2D eigenvalue weighted by molar-refractivity contribution is -0.124. The summed E-state index contributed by atoms with van der Waals surface area (Å²) in [7, 11) is 0. The number of thiophene rings is 1. The van der Waals surface area contributed by atoms with Gasteiger partial charge in [-0.1, -0.05) is 18.8 Å². The van der Waals surface area contributed by atoms with Gasteiger partial charge in [0.15, 0.2) is 0 Å². The zero-order chi connectivity index (χ0) is 27.2. The zero-order valence-corrected chi connectivity index (χ0v) is 23.4. The predicted molar refractivity (Wildman–Crippen MR) is 144 cm³/mol. The summed E-state index contributed by atoms with van der Waals surface area (Å²) >= 11 is 1.10. The van der Waals surface area contributed by atoms with Crippen LogP contribution >= 0.6 is 11.3 Å². The molecule has 1 aliphatic carbocycles. The van der Waals surface area contributed by atoms with E-state index in [2.05, 4.69) is 24.1 Å². The number of ether oxygens (including phenoxy) is 2. The molecule has 8 nitrogen and oxygen atoms in total. The Hall–Kier alpha value is -2.57. The number of hydrogen-bond acceptors (Lipinski definition) is 6. The molecular formula is C28H40N2O6S. The second-order valence-corrected chi connectivity index (χ2v) is 12.3. The van der Waals surface area contributed by atoms with Crippen molar-refractivity contribution in [3.8, 4) is 11.8 Å². The Kier molecular flexibility index (Phi) is 10.0. The number of alkyl carbamates (subject to hydrolysis) is 1. The molecule has 2 N–H and O–H groups in total. The fraction of sp³-hybridized carbons (Fsp3) is 0.679. The van der Waals surface area contributed by atoms with Crippen molar-refractivity contribution in [1.29, 1.82) is 0 Å². The molecule has 204 valence electrons. The van der Waals surface area contributed by atoms with Crippen molar-refractivity contribution in [2.45, 2.75) is 85.3 Å². The second-order valence-electron chi connectivity index (χ2n) is 11.3. The molecule has 1 aromatic heterocycles. The van der Waals surface area contributed by atoms with E-state index in [1.807, 2.05) is 27.7 Å². The first-order valence-electron chi connectivity index (χ1n) is 13.2. The third kappa shape index (κ3) is 8.47. The maximum Gasteiger partial charge on any atom is 0.407 e. The largest absolute Gasteiger partial charge is 0.477 e. The minimum Gasteiger partial charge on any atom is -0.477 e. The molecule has 2 aliphatic rings. The zero-order valence-electron chi connectivity index (χ0n) is 22.6. The van der Waals surface area contributed by atoms with E-state index in [4.69, 9.17) is 9.47 Å². The van der Waals surface area contributed by atoms with Crippen LogP contribution in [0.5, 0.6) is 0 Å². The van der Waals surface area contributed by atoms with Crippen LogP contribution in [-0.2, 0) is 14.3 Å². The monoisotopic (exact) mass is 532 g/mol. The minimum absolute atomic E-state index is 0.0549. The number of carboxylic acids is 1. The molecule has 2 heterocycles. The molecule has 9 heteroatoms. The van der Waals surface area contributed by atoms with Crippen molar-refractivity contribution in [2.24, 2.45) is 17.3 Å². The summed E-state index contributed by atoms with van der Waals surface area (Å²) in [6, 6.07) is 1.40. The van der Waals surface area contributed by atoms with Crippen LogP contribution in [0.2, 0.25) is 0 Å². The summed E-state index contributed by atoms with van der Waals surface area (Å²) in [5.74, 6) is 5.56. The standard InChI is InChI=1S/C28H40N2O6S/c1-18-6-8-20(9-7-18)25(31)30(19(2)11-14-29-27(34)36-21-12-15-35-17-21)23-16-22(10-13-28(3,4)5)37-24(23)26(32)33/h16,18-21H,6-9,11-12,14-15,17H2,1-5H3,(H,29,34)(H,32,33)/t18?,19-,20?,21?/m0/s1. The highest BCUT2D eigenvalue weighted by atomic mass is 32.1. The Morgan fingerprint density at radius 2 is 1.95 bits per heavy atom. The molecule has 1 unspecified atom stereocenters. The Bertz CT molecular complexity index is 1020. The molecule has 1 aliphatic heterocycles. The fourth-order valence-electron chi connectivity index (χ4n) is 4.61. The maximum atomic E-state index is 13.9. The Labute approximate surface area is 224 Å². The predicted octanol–water partition coefficient (Wildman–Crippen LogP) is 5.30. The van der Waals surface area contributed by atoms with Crippen LogP contribution in [0.1, 0.15) is 87.7 Å². The normalized spacial score (nSPS) is 22.5. The lowest BCUT2D eigenvalue weighted by Crippen LogP contribution is -2.45. The van der Waals surface area contributed by atoms with Crippen LogP contribution in [0.15, 0.2) is 6.07 Å². The molecular weight excluding hydrogens is 492 g/mol. The van der Waals surface area contributed by atoms with Gasteiger partial charge in [-0.25, -0.2) is 9.59 Å². The molecule has 2 atom stereocenters. The average molecular weight is 533 g/mol. The first-order valence-corrected chi connectivity index (χ1v) is 14.0. The fourth-order valence-corrected chi connectivity index (χ4v) is 5.45. The lowest BCUT2D eigenvalue weighted by atomic mass is 9.82. The number of aromatic carboxylic acids is 1. The van der Waals surface area contributed by atoms with Crippen LogP contribution < -0.4 is 10.2 Å². The number of nitrogens with zero attached hydrogens (tertiary/aromatic N) is 1. The van der Waals surface area contributed by atoms with Gasteiger partial charge in [0.1, 0.15) is 11.0 Å². The molecule has 2 fully saturated rings. The molecule has 3 rings (SSSR count). The third-order valence-corrected chi connectivity index (χ3v) is 7.79. The summed E-state index contributed by atoms with van der Waals surface area (Å²) in [6.45, 7) is 11.4. The van der Waals surface area contributed by atoms with Crippen molar-refractivity contribution >= 4 is 35.0 Å². The number of carboxylic acid groups (broad SMARTS) is 1. The van der Waals surface area contributed by atoms with Gasteiger partial charge in [0.25, 0.3) is 0 Å². The van der Waals surface area contributed by atoms with Gasteiger partial charge in [-0.15, -0.1) is 11.3 Å². The van der Waals surface area contributed by atoms with E-state index in [0.717, 1.165) is 37.0 Å². The smallest absolute Gasteiger partial charge is 0.407 e. The van der Waals surface area contributed by atoms with Crippen LogP contribution in [0.25, 0.3) is 0 Å². The van der Waals surface area contributed by atoms with E-state index in [9.17, 15) is 19.5 Å². The molecule has 0 radical (unpaired) electrons. The van der Waals surface area contributed by atoms with Crippen molar-refractivity contribution < 1.29 is 29.0 Å². The van der Waals surface area contributed by atoms with Crippen molar-refractivity contribution in [2.75, 3.05) is 24.7 Å². The molecule has 37 heavy (non-hydrogen) atoms. The van der Waals surface area contributed by atoms with E-state index in [-0.39, 0.29) is 34.3 Å². The van der Waals surface area contributed by atoms with Crippen LogP contribution in [-0.4, -0.2) is 55.0 Å². The maximum absolute atomic E-state index is 13.9. The molecule has 0 bridgehead atoms. The average Bonchev–Trinajstić information content (AvgIpc) is 3.48. The lowest BCUT2D eigenvalue weighted by Gasteiger charge is -2.35. The quantitative estimate of drug-likeness (QED) is 0.441. The minimum atomic E-state index is -1.08. The molecule has 1 saturated carbocycles. The summed E-state index contributed by atoms with van der Waals surface area (Å²) in [6.07, 6.45) is 3.93. The van der Waals surface area contributed by atoms with Gasteiger partial charge in [0.05, 0.1) is 23.8 Å². The summed E-state index contributed by atoms with van der Waals surface area (Å²) in [5, 5.41) is 12.7. The summed E-state index contributed by atoms with van der Waals surface area (Å²) in [4.78, 5) is 40.6.